The smallest absolute Gasteiger partial charge is 0.319 e. The number of carbonyl (C=O) groups is 1. The second kappa shape index (κ2) is 6.69. The van der Waals surface area contributed by atoms with Crippen LogP contribution in [0.25, 0.3) is 0 Å². The van der Waals surface area contributed by atoms with Crippen molar-refractivity contribution in [1.82, 2.24) is 10.3 Å². The van der Waals surface area contributed by atoms with Crippen LogP contribution in [0.15, 0.2) is 28.8 Å². The highest BCUT2D eigenvalue weighted by Gasteiger charge is 2.19. The third kappa shape index (κ3) is 4.31. The number of anilines is 1. The van der Waals surface area contributed by atoms with Gasteiger partial charge in [0.25, 0.3) is 5.69 Å². The molecule has 0 saturated heterocycles. The van der Waals surface area contributed by atoms with E-state index in [4.69, 9.17) is 4.42 Å². The van der Waals surface area contributed by atoms with Gasteiger partial charge in [0.05, 0.1) is 17.7 Å². The normalized spacial score (nSPS) is 11.2. The Labute approximate surface area is 139 Å². The predicted molar refractivity (Wildman–Crippen MR) is 88.9 cm³/mol. The van der Waals surface area contributed by atoms with Gasteiger partial charge in [-0.25, -0.2) is 9.78 Å². The molecule has 0 saturated carbocycles. The highest BCUT2D eigenvalue weighted by molar-refractivity contribution is 5.89. The van der Waals surface area contributed by atoms with Crippen LogP contribution in [-0.2, 0) is 12.0 Å². The Morgan fingerprint density at radius 2 is 2.08 bits per heavy atom. The molecule has 0 aliphatic heterocycles. The highest BCUT2D eigenvalue weighted by Crippen LogP contribution is 2.23. The summed E-state index contributed by atoms with van der Waals surface area (Å²) in [5, 5.41) is 16.0. The topological polar surface area (TPSA) is 110 Å². The van der Waals surface area contributed by atoms with E-state index in [2.05, 4.69) is 15.6 Å². The van der Waals surface area contributed by atoms with Crippen LogP contribution in [0, 0.1) is 17.0 Å². The van der Waals surface area contributed by atoms with Gasteiger partial charge in [-0.1, -0.05) is 20.8 Å². The van der Waals surface area contributed by atoms with Crippen LogP contribution in [0.5, 0.6) is 0 Å². The molecule has 0 bridgehead atoms. The maximum absolute atomic E-state index is 11.9. The number of urea groups is 1. The molecule has 0 aliphatic rings. The predicted octanol–water partition coefficient (Wildman–Crippen LogP) is 3.51. The summed E-state index contributed by atoms with van der Waals surface area (Å²) >= 11 is 0. The van der Waals surface area contributed by atoms with Crippen molar-refractivity contribution in [3.05, 3.63) is 51.7 Å². The Morgan fingerprint density at radius 3 is 2.62 bits per heavy atom. The molecule has 1 heterocycles. The Bertz CT molecular complexity index is 762. The quantitative estimate of drug-likeness (QED) is 0.657. The molecule has 2 rings (SSSR count). The molecule has 0 spiro atoms. The van der Waals surface area contributed by atoms with Gasteiger partial charge >= 0.3 is 6.03 Å². The second-order valence-corrected chi connectivity index (χ2v) is 6.43. The number of hydrogen-bond donors (Lipinski definition) is 2. The van der Waals surface area contributed by atoms with Crippen molar-refractivity contribution in [3.8, 4) is 0 Å². The first-order valence-electron chi connectivity index (χ1n) is 7.42. The number of nitrogens with one attached hydrogen (secondary N) is 2. The molecule has 2 N–H and O–H groups in total. The van der Waals surface area contributed by atoms with Gasteiger partial charge in [-0.3, -0.25) is 10.1 Å². The number of oxazole rings is 1. The van der Waals surface area contributed by atoms with Crippen molar-refractivity contribution in [2.75, 3.05) is 5.32 Å². The van der Waals surface area contributed by atoms with Gasteiger partial charge in [-0.2, -0.15) is 0 Å². The molecule has 0 radical (unpaired) electrons. The van der Waals surface area contributed by atoms with Gasteiger partial charge in [-0.05, 0) is 19.1 Å². The van der Waals surface area contributed by atoms with Crippen molar-refractivity contribution in [3.63, 3.8) is 0 Å². The van der Waals surface area contributed by atoms with Gasteiger partial charge in [0.1, 0.15) is 5.76 Å². The lowest BCUT2D eigenvalue weighted by molar-refractivity contribution is -0.385. The number of hydrogen-bond acceptors (Lipinski definition) is 5. The fraction of sp³-hybridized carbons (Fsp3) is 0.375. The molecule has 1 aromatic heterocycles. The molecule has 8 nitrogen and oxygen atoms in total. The van der Waals surface area contributed by atoms with E-state index in [9.17, 15) is 14.9 Å². The monoisotopic (exact) mass is 332 g/mol. The number of nitrogens with zero attached hydrogens (tertiary/aromatic N) is 2. The van der Waals surface area contributed by atoms with E-state index in [1.165, 1.54) is 12.1 Å². The summed E-state index contributed by atoms with van der Waals surface area (Å²) in [6, 6.07) is 3.93. The van der Waals surface area contributed by atoms with Crippen LogP contribution in [0.1, 0.15) is 38.0 Å². The van der Waals surface area contributed by atoms with E-state index in [-0.39, 0.29) is 17.6 Å². The molecule has 24 heavy (non-hydrogen) atoms. The van der Waals surface area contributed by atoms with Crippen LogP contribution in [0.3, 0.4) is 0 Å². The zero-order valence-electron chi connectivity index (χ0n) is 14.0. The van der Waals surface area contributed by atoms with E-state index < -0.39 is 11.0 Å². The number of aryl methyl sites for hydroxylation is 1. The molecule has 0 unspecified atom stereocenters. The molecule has 0 fully saturated rings. The zero-order valence-corrected chi connectivity index (χ0v) is 14.0. The van der Waals surface area contributed by atoms with Crippen molar-refractivity contribution in [1.29, 1.82) is 0 Å². The Morgan fingerprint density at radius 1 is 1.38 bits per heavy atom. The maximum Gasteiger partial charge on any atom is 0.319 e. The minimum absolute atomic E-state index is 0.00968. The van der Waals surface area contributed by atoms with E-state index in [1.54, 1.807) is 19.2 Å². The Kier molecular flexibility index (Phi) is 4.87. The summed E-state index contributed by atoms with van der Waals surface area (Å²) in [5.41, 5.74) is 0.804. The molecule has 1 aromatic carbocycles. The van der Waals surface area contributed by atoms with Gasteiger partial charge in [0.15, 0.2) is 0 Å². The number of nitro groups is 1. The first kappa shape index (κ1) is 17.5. The number of nitro benzene ring substituents is 1. The molecule has 2 aromatic rings. The number of rotatable bonds is 4. The van der Waals surface area contributed by atoms with Crippen molar-refractivity contribution < 1.29 is 14.1 Å². The molecule has 8 heteroatoms. The molecule has 2 amide bonds. The van der Waals surface area contributed by atoms with Gasteiger partial charge < -0.3 is 15.1 Å². The fourth-order valence-electron chi connectivity index (χ4n) is 2.01. The van der Waals surface area contributed by atoms with Gasteiger partial charge in [0.2, 0.25) is 5.89 Å². The zero-order chi connectivity index (χ0) is 17.9. The summed E-state index contributed by atoms with van der Waals surface area (Å²) in [5.74, 6) is 1.15. The standard InChI is InChI=1S/C16H20N4O4/c1-10-7-11(5-6-12(10)20(22)23)19-15(21)18-9-14-17-8-13(24-14)16(2,3)4/h5-8H,9H2,1-4H3,(H2,18,19,21). The van der Waals surface area contributed by atoms with Crippen LogP contribution in [-0.4, -0.2) is 15.9 Å². The van der Waals surface area contributed by atoms with Crippen LogP contribution in [0.2, 0.25) is 0 Å². The molecular weight excluding hydrogens is 312 g/mol. The van der Waals surface area contributed by atoms with Gasteiger partial charge in [-0.15, -0.1) is 0 Å². The third-order valence-corrected chi connectivity index (χ3v) is 3.34. The first-order chi connectivity index (χ1) is 11.2. The second-order valence-electron chi connectivity index (χ2n) is 6.43. The summed E-state index contributed by atoms with van der Waals surface area (Å²) in [4.78, 5) is 26.3. The third-order valence-electron chi connectivity index (χ3n) is 3.34. The fourth-order valence-corrected chi connectivity index (χ4v) is 2.01. The summed E-state index contributed by atoms with van der Waals surface area (Å²) in [6.45, 7) is 7.78. The molecular formula is C16H20N4O4. The lowest BCUT2D eigenvalue weighted by atomic mass is 9.94. The van der Waals surface area contributed by atoms with E-state index >= 15 is 0 Å². The average molecular weight is 332 g/mol. The number of aromatic nitrogens is 1. The van der Waals surface area contributed by atoms with E-state index in [0.29, 0.717) is 17.1 Å². The van der Waals surface area contributed by atoms with Crippen molar-refractivity contribution in [2.24, 2.45) is 0 Å². The molecule has 128 valence electrons. The summed E-state index contributed by atoms with van der Waals surface area (Å²) in [6.07, 6.45) is 1.65. The SMILES string of the molecule is Cc1cc(NC(=O)NCc2ncc(C(C)(C)C)o2)ccc1[N+](=O)[O-]. The Hall–Kier alpha value is -2.90. The molecule has 0 atom stereocenters. The van der Waals surface area contributed by atoms with Crippen LogP contribution >= 0.6 is 0 Å². The summed E-state index contributed by atoms with van der Waals surface area (Å²) < 4.78 is 5.58. The lowest BCUT2D eigenvalue weighted by Gasteiger charge is -2.13. The van der Waals surface area contributed by atoms with Crippen molar-refractivity contribution in [2.45, 2.75) is 39.7 Å². The van der Waals surface area contributed by atoms with Crippen molar-refractivity contribution >= 4 is 17.4 Å². The summed E-state index contributed by atoms with van der Waals surface area (Å²) in [7, 11) is 0. The molecule has 0 aliphatic carbocycles. The largest absolute Gasteiger partial charge is 0.443 e. The highest BCUT2D eigenvalue weighted by atomic mass is 16.6. The van der Waals surface area contributed by atoms with E-state index in [1.807, 2.05) is 20.8 Å². The van der Waals surface area contributed by atoms with Gasteiger partial charge in [0, 0.05) is 22.7 Å². The number of amides is 2. The minimum Gasteiger partial charge on any atom is -0.443 e. The lowest BCUT2D eigenvalue weighted by Crippen LogP contribution is -2.28. The number of carbonyl (C=O) groups excluding carboxylic acids is 1. The minimum atomic E-state index is -0.464. The first-order valence-corrected chi connectivity index (χ1v) is 7.42. The number of benzene rings is 1. The average Bonchev–Trinajstić information content (AvgIpc) is 2.93. The van der Waals surface area contributed by atoms with Crippen LogP contribution in [0.4, 0.5) is 16.2 Å². The van der Waals surface area contributed by atoms with E-state index in [0.717, 1.165) is 5.76 Å². The maximum atomic E-state index is 11.9. The Balaban J connectivity index is 1.93. The van der Waals surface area contributed by atoms with Crippen LogP contribution < -0.4 is 10.6 Å².